The molecule has 0 aliphatic carbocycles. The van der Waals surface area contributed by atoms with Crippen molar-refractivity contribution < 1.29 is 18.0 Å². The molecule has 0 saturated carbocycles. The maximum absolute atomic E-state index is 13.0. The lowest BCUT2D eigenvalue weighted by atomic mass is 9.95. The molecule has 1 heterocycles. The van der Waals surface area contributed by atoms with E-state index in [2.05, 4.69) is 10.0 Å². The summed E-state index contributed by atoms with van der Waals surface area (Å²) in [5.41, 5.74) is 6.07. The predicted octanol–water partition coefficient (Wildman–Crippen LogP) is 3.66. The monoisotopic (exact) mass is 471 g/mol. The predicted molar refractivity (Wildman–Crippen MR) is 130 cm³/mol. The Morgan fingerprint density at radius 1 is 1.00 bits per heavy atom. The highest BCUT2D eigenvalue weighted by molar-refractivity contribution is 7.89. The lowest BCUT2D eigenvalue weighted by molar-refractivity contribution is -0.128. The van der Waals surface area contributed by atoms with Gasteiger partial charge in [0.05, 0.1) is 4.90 Å². The number of likely N-dealkylation sites (tertiary alicyclic amines) is 1. The Bertz CT molecular complexity index is 1160. The van der Waals surface area contributed by atoms with Gasteiger partial charge in [0, 0.05) is 38.2 Å². The van der Waals surface area contributed by atoms with Crippen molar-refractivity contribution in [1.82, 2.24) is 9.62 Å². The molecule has 1 saturated heterocycles. The molecule has 1 aliphatic rings. The van der Waals surface area contributed by atoms with Crippen molar-refractivity contribution in [3.8, 4) is 0 Å². The third-order valence-electron chi connectivity index (χ3n) is 6.60. The first-order valence-electron chi connectivity index (χ1n) is 11.2. The van der Waals surface area contributed by atoms with Gasteiger partial charge < -0.3 is 10.2 Å². The van der Waals surface area contributed by atoms with Crippen molar-refractivity contribution in [1.29, 1.82) is 0 Å². The second kappa shape index (κ2) is 10.1. The van der Waals surface area contributed by atoms with E-state index in [0.717, 1.165) is 46.3 Å². The number of carbonyl (C=O) groups excluding carboxylic acids is 2. The summed E-state index contributed by atoms with van der Waals surface area (Å²) in [6.07, 6.45) is 1.48. The van der Waals surface area contributed by atoms with E-state index in [4.69, 9.17) is 0 Å². The van der Waals surface area contributed by atoms with Crippen molar-refractivity contribution in [3.05, 3.63) is 57.6 Å². The highest BCUT2D eigenvalue weighted by Gasteiger charge is 2.24. The molecule has 0 unspecified atom stereocenters. The van der Waals surface area contributed by atoms with Crippen LogP contribution in [0.4, 0.5) is 5.69 Å². The summed E-state index contributed by atoms with van der Waals surface area (Å²) in [4.78, 5) is 26.4. The van der Waals surface area contributed by atoms with Crippen LogP contribution in [0, 0.1) is 34.6 Å². The van der Waals surface area contributed by atoms with Crippen molar-refractivity contribution in [2.75, 3.05) is 18.4 Å². The van der Waals surface area contributed by atoms with Crippen molar-refractivity contribution >= 4 is 27.5 Å². The number of carbonyl (C=O) groups is 2. The van der Waals surface area contributed by atoms with Gasteiger partial charge in [-0.15, -0.1) is 0 Å². The average Bonchev–Trinajstić information content (AvgIpc) is 3.15. The molecule has 3 rings (SSSR count). The van der Waals surface area contributed by atoms with E-state index in [1.54, 1.807) is 6.07 Å². The minimum atomic E-state index is -3.74. The SMILES string of the molecule is Cc1c(C)c(C)c(S(=O)(=O)NCCC(=O)Nc2cccc(CN3CCCC3=O)c2)c(C)c1C. The van der Waals surface area contributed by atoms with Gasteiger partial charge in [0.25, 0.3) is 0 Å². The second-order valence-electron chi connectivity index (χ2n) is 8.77. The van der Waals surface area contributed by atoms with Crippen LogP contribution in [0.15, 0.2) is 29.2 Å². The molecule has 2 amide bonds. The smallest absolute Gasteiger partial charge is 0.241 e. The molecule has 0 spiro atoms. The lowest BCUT2D eigenvalue weighted by Gasteiger charge is -2.19. The van der Waals surface area contributed by atoms with Gasteiger partial charge in [-0.3, -0.25) is 9.59 Å². The topological polar surface area (TPSA) is 95.6 Å². The van der Waals surface area contributed by atoms with Crippen LogP contribution in [-0.2, 0) is 26.2 Å². The Hall–Kier alpha value is -2.71. The van der Waals surface area contributed by atoms with Gasteiger partial charge in [-0.1, -0.05) is 12.1 Å². The van der Waals surface area contributed by atoms with E-state index in [1.165, 1.54) is 0 Å². The summed E-state index contributed by atoms with van der Waals surface area (Å²) in [6, 6.07) is 7.38. The van der Waals surface area contributed by atoms with Gasteiger partial charge in [-0.25, -0.2) is 13.1 Å². The van der Waals surface area contributed by atoms with Crippen molar-refractivity contribution in [2.45, 2.75) is 65.3 Å². The fourth-order valence-electron chi connectivity index (χ4n) is 4.30. The minimum Gasteiger partial charge on any atom is -0.338 e. The van der Waals surface area contributed by atoms with Crippen LogP contribution in [0.1, 0.15) is 52.6 Å². The Kier molecular flexibility index (Phi) is 7.59. The summed E-state index contributed by atoms with van der Waals surface area (Å²) in [7, 11) is -3.74. The second-order valence-corrected chi connectivity index (χ2v) is 10.5. The molecule has 2 aromatic carbocycles. The first-order valence-corrected chi connectivity index (χ1v) is 12.7. The maximum Gasteiger partial charge on any atom is 0.241 e. The number of benzene rings is 2. The van der Waals surface area contributed by atoms with E-state index in [9.17, 15) is 18.0 Å². The van der Waals surface area contributed by atoms with Crippen molar-refractivity contribution in [2.24, 2.45) is 0 Å². The van der Waals surface area contributed by atoms with Gasteiger partial charge >= 0.3 is 0 Å². The van der Waals surface area contributed by atoms with Gasteiger partial charge in [0.2, 0.25) is 21.8 Å². The molecular weight excluding hydrogens is 438 g/mol. The van der Waals surface area contributed by atoms with Crippen LogP contribution in [0.5, 0.6) is 0 Å². The van der Waals surface area contributed by atoms with Gasteiger partial charge in [0.1, 0.15) is 0 Å². The number of nitrogens with zero attached hydrogens (tertiary/aromatic N) is 1. The number of nitrogens with one attached hydrogen (secondary N) is 2. The summed E-state index contributed by atoms with van der Waals surface area (Å²) < 4.78 is 28.6. The molecule has 0 radical (unpaired) electrons. The minimum absolute atomic E-state index is 0.000981. The third-order valence-corrected chi connectivity index (χ3v) is 8.33. The van der Waals surface area contributed by atoms with Crippen LogP contribution < -0.4 is 10.0 Å². The number of hydrogen-bond acceptors (Lipinski definition) is 4. The Labute approximate surface area is 196 Å². The number of amides is 2. The third kappa shape index (κ3) is 5.62. The fraction of sp³-hybridized carbons (Fsp3) is 0.440. The zero-order chi connectivity index (χ0) is 24.3. The van der Waals surface area contributed by atoms with Crippen LogP contribution in [-0.4, -0.2) is 38.2 Å². The molecule has 2 N–H and O–H groups in total. The van der Waals surface area contributed by atoms with Crippen LogP contribution in [0.2, 0.25) is 0 Å². The van der Waals surface area contributed by atoms with Crippen molar-refractivity contribution in [3.63, 3.8) is 0 Å². The molecule has 1 fully saturated rings. The van der Waals surface area contributed by atoms with Crippen LogP contribution in [0.25, 0.3) is 0 Å². The standard InChI is InChI=1S/C25H33N3O4S/c1-16-17(2)19(4)25(20(5)18(16)3)33(31,32)26-12-11-23(29)27-22-9-6-8-21(14-22)15-28-13-7-10-24(28)30/h6,8-9,14,26H,7,10-13,15H2,1-5H3,(H,27,29). The number of hydrogen-bond donors (Lipinski definition) is 2. The summed E-state index contributed by atoms with van der Waals surface area (Å²) in [5.74, 6) is -0.127. The number of rotatable bonds is 8. The molecule has 33 heavy (non-hydrogen) atoms. The van der Waals surface area contributed by atoms with Gasteiger partial charge in [0.15, 0.2) is 0 Å². The highest BCUT2D eigenvalue weighted by atomic mass is 32.2. The molecule has 0 atom stereocenters. The first-order chi connectivity index (χ1) is 15.5. The van der Waals surface area contributed by atoms with Crippen LogP contribution >= 0.6 is 0 Å². The fourth-order valence-corrected chi connectivity index (χ4v) is 5.93. The normalized spacial score (nSPS) is 14.1. The van der Waals surface area contributed by atoms with E-state index in [0.29, 0.717) is 23.5 Å². The van der Waals surface area contributed by atoms with E-state index in [1.807, 2.05) is 57.7 Å². The number of sulfonamides is 1. The molecule has 178 valence electrons. The zero-order valence-electron chi connectivity index (χ0n) is 20.0. The zero-order valence-corrected chi connectivity index (χ0v) is 20.9. The molecule has 7 nitrogen and oxygen atoms in total. The molecule has 0 aromatic heterocycles. The average molecular weight is 472 g/mol. The van der Waals surface area contributed by atoms with Gasteiger partial charge in [-0.05, 0) is 86.6 Å². The van der Waals surface area contributed by atoms with E-state index in [-0.39, 0.29) is 24.8 Å². The summed E-state index contributed by atoms with van der Waals surface area (Å²) >= 11 is 0. The van der Waals surface area contributed by atoms with E-state index >= 15 is 0 Å². The molecule has 8 heteroatoms. The molecular formula is C25H33N3O4S. The quantitative estimate of drug-likeness (QED) is 0.614. The highest BCUT2D eigenvalue weighted by Crippen LogP contribution is 2.29. The summed E-state index contributed by atoms with van der Waals surface area (Å²) in [5, 5.41) is 2.82. The molecule has 2 aromatic rings. The first kappa shape index (κ1) is 24.9. The molecule has 1 aliphatic heterocycles. The van der Waals surface area contributed by atoms with Crippen LogP contribution in [0.3, 0.4) is 0 Å². The maximum atomic E-state index is 13.0. The molecule has 0 bridgehead atoms. The Balaban J connectivity index is 1.60. The lowest BCUT2D eigenvalue weighted by Crippen LogP contribution is -2.29. The Morgan fingerprint density at radius 3 is 2.24 bits per heavy atom. The number of anilines is 1. The largest absolute Gasteiger partial charge is 0.338 e. The summed E-state index contributed by atoms with van der Waals surface area (Å²) in [6.45, 7) is 10.8. The Morgan fingerprint density at radius 2 is 1.64 bits per heavy atom. The van der Waals surface area contributed by atoms with E-state index < -0.39 is 10.0 Å². The van der Waals surface area contributed by atoms with Gasteiger partial charge in [-0.2, -0.15) is 0 Å².